The van der Waals surface area contributed by atoms with Gasteiger partial charge in [0, 0.05) is 11.4 Å². The van der Waals surface area contributed by atoms with Gasteiger partial charge in [0.25, 0.3) is 0 Å². The highest BCUT2D eigenvalue weighted by atomic mass is 35.5. The zero-order valence-electron chi connectivity index (χ0n) is 13.3. The summed E-state index contributed by atoms with van der Waals surface area (Å²) in [5.41, 5.74) is 7.73. The summed E-state index contributed by atoms with van der Waals surface area (Å²) in [5.74, 6) is 1.87. The van der Waals surface area contributed by atoms with Gasteiger partial charge in [-0.1, -0.05) is 29.3 Å². The maximum atomic E-state index is 6.34. The highest BCUT2D eigenvalue weighted by Crippen LogP contribution is 2.41. The van der Waals surface area contributed by atoms with Gasteiger partial charge in [-0.2, -0.15) is 5.10 Å². The molecule has 0 aromatic heterocycles. The highest BCUT2D eigenvalue weighted by molar-refractivity contribution is 6.36. The van der Waals surface area contributed by atoms with Gasteiger partial charge in [0.05, 0.1) is 31.0 Å². The van der Waals surface area contributed by atoms with E-state index in [1.165, 1.54) is 0 Å². The molecule has 0 aliphatic carbocycles. The molecule has 126 valence electrons. The predicted octanol–water partition coefficient (Wildman–Crippen LogP) is 4.23. The molecule has 1 heterocycles. The first-order valence-electron chi connectivity index (χ1n) is 7.32. The Morgan fingerprint density at radius 3 is 2.50 bits per heavy atom. The molecule has 0 saturated heterocycles. The number of rotatable bonds is 4. The number of anilines is 1. The molecule has 1 atom stereocenters. The number of halogens is 2. The summed E-state index contributed by atoms with van der Waals surface area (Å²) in [6.07, 6.45) is 0.592. The third-order valence-corrected chi connectivity index (χ3v) is 4.42. The fourth-order valence-electron chi connectivity index (χ4n) is 2.74. The fourth-order valence-corrected chi connectivity index (χ4v) is 3.24. The Kier molecular flexibility index (Phi) is 4.73. The summed E-state index contributed by atoms with van der Waals surface area (Å²) in [6.45, 7) is 0. The van der Waals surface area contributed by atoms with Gasteiger partial charge in [0.15, 0.2) is 11.5 Å². The lowest BCUT2D eigenvalue weighted by atomic mass is 10.0. The molecule has 5 nitrogen and oxygen atoms in total. The topological polar surface area (TPSA) is 60.1 Å². The normalized spacial score (nSPS) is 16.9. The van der Waals surface area contributed by atoms with Crippen LogP contribution in [0.2, 0.25) is 10.0 Å². The van der Waals surface area contributed by atoms with Crippen molar-refractivity contribution in [3.05, 3.63) is 52.0 Å². The van der Waals surface area contributed by atoms with Crippen molar-refractivity contribution < 1.29 is 9.47 Å². The van der Waals surface area contributed by atoms with E-state index in [9.17, 15) is 0 Å². The Labute approximate surface area is 150 Å². The van der Waals surface area contributed by atoms with Crippen molar-refractivity contribution in [3.8, 4) is 11.5 Å². The van der Waals surface area contributed by atoms with Crippen LogP contribution in [0.15, 0.2) is 41.5 Å². The largest absolute Gasteiger partial charge is 0.493 e. The van der Waals surface area contributed by atoms with E-state index in [2.05, 4.69) is 5.10 Å². The zero-order valence-corrected chi connectivity index (χ0v) is 14.8. The first kappa shape index (κ1) is 16.7. The van der Waals surface area contributed by atoms with Crippen LogP contribution in [0.4, 0.5) is 5.69 Å². The maximum Gasteiger partial charge on any atom is 0.161 e. The van der Waals surface area contributed by atoms with Crippen molar-refractivity contribution >= 4 is 34.7 Å². The van der Waals surface area contributed by atoms with Crippen LogP contribution in [0.1, 0.15) is 18.0 Å². The molecule has 0 unspecified atom stereocenters. The average molecular weight is 366 g/mol. The van der Waals surface area contributed by atoms with E-state index in [1.54, 1.807) is 26.4 Å². The Morgan fingerprint density at radius 2 is 1.83 bits per heavy atom. The molecule has 0 saturated carbocycles. The van der Waals surface area contributed by atoms with Crippen molar-refractivity contribution in [1.82, 2.24) is 0 Å². The lowest BCUT2D eigenvalue weighted by molar-refractivity contribution is 0.354. The first-order valence-corrected chi connectivity index (χ1v) is 8.08. The Morgan fingerprint density at radius 1 is 1.08 bits per heavy atom. The van der Waals surface area contributed by atoms with E-state index >= 15 is 0 Å². The second-order valence-electron chi connectivity index (χ2n) is 5.37. The van der Waals surface area contributed by atoms with Crippen molar-refractivity contribution in [2.24, 2.45) is 10.8 Å². The SMILES string of the molecule is COc1ccc([C@H]2CC(N)=NN2c2ccc(Cl)cc2Cl)cc1OC. The van der Waals surface area contributed by atoms with Crippen molar-refractivity contribution in [3.63, 3.8) is 0 Å². The van der Waals surface area contributed by atoms with E-state index in [0.29, 0.717) is 33.8 Å². The lowest BCUT2D eigenvalue weighted by Crippen LogP contribution is -2.19. The quantitative estimate of drug-likeness (QED) is 0.880. The molecule has 2 aromatic rings. The van der Waals surface area contributed by atoms with Crippen LogP contribution in [0, 0.1) is 0 Å². The molecule has 0 bridgehead atoms. The third-order valence-electron chi connectivity index (χ3n) is 3.88. The molecule has 3 rings (SSSR count). The summed E-state index contributed by atoms with van der Waals surface area (Å²) in [4.78, 5) is 0. The monoisotopic (exact) mass is 365 g/mol. The number of nitrogens with zero attached hydrogens (tertiary/aromatic N) is 2. The molecule has 7 heteroatoms. The fraction of sp³-hybridized carbons (Fsp3) is 0.235. The van der Waals surface area contributed by atoms with Crippen molar-refractivity contribution in [2.45, 2.75) is 12.5 Å². The molecule has 2 N–H and O–H groups in total. The smallest absolute Gasteiger partial charge is 0.161 e. The van der Waals surface area contributed by atoms with E-state index in [-0.39, 0.29) is 6.04 Å². The maximum absolute atomic E-state index is 6.34. The van der Waals surface area contributed by atoms with E-state index in [1.807, 2.05) is 29.3 Å². The Balaban J connectivity index is 2.01. The molecule has 24 heavy (non-hydrogen) atoms. The van der Waals surface area contributed by atoms with Gasteiger partial charge in [-0.3, -0.25) is 5.01 Å². The van der Waals surface area contributed by atoms with Gasteiger partial charge < -0.3 is 15.2 Å². The van der Waals surface area contributed by atoms with Crippen molar-refractivity contribution in [1.29, 1.82) is 0 Å². The summed E-state index contributed by atoms with van der Waals surface area (Å²) in [5, 5.41) is 7.34. The van der Waals surface area contributed by atoms with Crippen LogP contribution in [-0.2, 0) is 0 Å². The molecular formula is C17H17Cl2N3O2. The number of methoxy groups -OCH3 is 2. The lowest BCUT2D eigenvalue weighted by Gasteiger charge is -2.25. The minimum atomic E-state index is -0.0801. The van der Waals surface area contributed by atoms with Crippen LogP contribution in [0.25, 0.3) is 0 Å². The minimum absolute atomic E-state index is 0.0801. The molecule has 0 spiro atoms. The summed E-state index contributed by atoms with van der Waals surface area (Å²) < 4.78 is 10.7. The molecule has 1 aliphatic heterocycles. The number of hydrazone groups is 1. The molecule has 1 aliphatic rings. The van der Waals surface area contributed by atoms with Gasteiger partial charge in [0.1, 0.15) is 5.84 Å². The summed E-state index contributed by atoms with van der Waals surface area (Å²) >= 11 is 12.3. The van der Waals surface area contributed by atoms with Crippen LogP contribution >= 0.6 is 23.2 Å². The van der Waals surface area contributed by atoms with Crippen molar-refractivity contribution in [2.75, 3.05) is 19.2 Å². The van der Waals surface area contributed by atoms with Crippen LogP contribution < -0.4 is 20.2 Å². The standard InChI is InChI=1S/C17H17Cl2N3O2/c1-23-15-6-3-10(7-16(15)24-2)14-9-17(20)21-22(14)13-5-4-11(18)8-12(13)19/h3-8,14H,9H2,1-2H3,(H2,20,21)/t14-/m1/s1. The number of ether oxygens (including phenoxy) is 2. The average Bonchev–Trinajstić information content (AvgIpc) is 2.95. The zero-order chi connectivity index (χ0) is 17.3. The molecule has 0 amide bonds. The molecule has 0 fully saturated rings. The van der Waals surface area contributed by atoms with Gasteiger partial charge >= 0.3 is 0 Å². The number of nitrogens with two attached hydrogens (primary N) is 1. The number of hydrogen-bond donors (Lipinski definition) is 1. The van der Waals surface area contributed by atoms with Crippen LogP contribution in [0.5, 0.6) is 11.5 Å². The van der Waals surface area contributed by atoms with E-state index in [0.717, 1.165) is 11.3 Å². The molecular weight excluding hydrogens is 349 g/mol. The Hall–Kier alpha value is -2.11. The summed E-state index contributed by atoms with van der Waals surface area (Å²) in [7, 11) is 3.21. The summed E-state index contributed by atoms with van der Waals surface area (Å²) in [6, 6.07) is 11.0. The Bertz CT molecular complexity index is 795. The minimum Gasteiger partial charge on any atom is -0.493 e. The first-order chi connectivity index (χ1) is 11.5. The van der Waals surface area contributed by atoms with Gasteiger partial charge in [-0.05, 0) is 35.9 Å². The van der Waals surface area contributed by atoms with Gasteiger partial charge in [0.2, 0.25) is 0 Å². The third kappa shape index (κ3) is 3.09. The number of benzene rings is 2. The van der Waals surface area contributed by atoms with E-state index < -0.39 is 0 Å². The second-order valence-corrected chi connectivity index (χ2v) is 6.21. The van der Waals surface area contributed by atoms with Gasteiger partial charge in [-0.15, -0.1) is 0 Å². The van der Waals surface area contributed by atoms with Gasteiger partial charge in [-0.25, -0.2) is 0 Å². The van der Waals surface area contributed by atoms with E-state index in [4.69, 9.17) is 38.4 Å². The predicted molar refractivity (Wildman–Crippen MR) is 97.5 cm³/mol. The van der Waals surface area contributed by atoms with Crippen LogP contribution in [0.3, 0.4) is 0 Å². The number of amidine groups is 1. The molecule has 2 aromatic carbocycles. The second kappa shape index (κ2) is 6.79. The number of hydrogen-bond acceptors (Lipinski definition) is 5. The molecule has 0 radical (unpaired) electrons. The highest BCUT2D eigenvalue weighted by Gasteiger charge is 2.30. The van der Waals surface area contributed by atoms with Crippen LogP contribution in [-0.4, -0.2) is 20.1 Å².